The number of rotatable bonds is 0. The average molecular weight is 149 g/mol. The summed E-state index contributed by atoms with van der Waals surface area (Å²) in [6.07, 6.45) is 4.08. The highest BCUT2D eigenvalue weighted by Crippen LogP contribution is 2.25. The Kier molecular flexibility index (Phi) is 1.28. The largest absolute Gasteiger partial charge is 0.477 e. The summed E-state index contributed by atoms with van der Waals surface area (Å²) < 4.78 is 5.36. The zero-order valence-electron chi connectivity index (χ0n) is 6.63. The van der Waals surface area contributed by atoms with E-state index in [9.17, 15) is 0 Å². The van der Waals surface area contributed by atoms with Crippen molar-refractivity contribution in [2.24, 2.45) is 0 Å². The van der Waals surface area contributed by atoms with Crippen LogP contribution in [-0.4, -0.2) is 18.1 Å². The predicted molar refractivity (Wildman–Crippen MR) is 43.6 cm³/mol. The van der Waals surface area contributed by atoms with E-state index in [2.05, 4.69) is 24.6 Å². The molecule has 0 aromatic rings. The molecule has 0 unspecified atom stereocenters. The zero-order chi connectivity index (χ0) is 7.84. The maximum absolute atomic E-state index is 5.36. The molecule has 2 aliphatic rings. The maximum atomic E-state index is 5.36. The highest BCUT2D eigenvalue weighted by Gasteiger charge is 2.20. The van der Waals surface area contributed by atoms with Gasteiger partial charge in [0.25, 0.3) is 0 Å². The van der Waals surface area contributed by atoms with Gasteiger partial charge in [0.2, 0.25) is 0 Å². The first-order valence-corrected chi connectivity index (χ1v) is 3.76. The average Bonchev–Trinajstić information content (AvgIpc) is 2.36. The molecular weight excluding hydrogens is 138 g/mol. The van der Waals surface area contributed by atoms with Crippen molar-refractivity contribution >= 4 is 0 Å². The number of nitrogens with zero attached hydrogens (tertiary/aromatic N) is 1. The van der Waals surface area contributed by atoms with Crippen LogP contribution in [0.5, 0.6) is 0 Å². The van der Waals surface area contributed by atoms with Gasteiger partial charge < -0.3 is 9.64 Å². The minimum Gasteiger partial charge on any atom is -0.477 e. The maximum Gasteiger partial charge on any atom is 0.194 e. The van der Waals surface area contributed by atoms with Crippen LogP contribution in [-0.2, 0) is 4.74 Å². The van der Waals surface area contributed by atoms with Gasteiger partial charge in [-0.25, -0.2) is 0 Å². The van der Waals surface area contributed by atoms with E-state index in [-0.39, 0.29) is 0 Å². The molecule has 0 spiro atoms. The van der Waals surface area contributed by atoms with Crippen LogP contribution < -0.4 is 0 Å². The number of ether oxygens (including phenoxy) is 1. The molecule has 0 aromatic carbocycles. The first kappa shape index (κ1) is 6.53. The van der Waals surface area contributed by atoms with Gasteiger partial charge >= 0.3 is 0 Å². The molecule has 0 amide bonds. The standard InChI is InChI=1S/C9H11NO/c1-7-5-9-10(3-4-11-9)6-8(7)2/h5-6H,1,3-4H2,2H3. The summed E-state index contributed by atoms with van der Waals surface area (Å²) >= 11 is 0. The van der Waals surface area contributed by atoms with Crippen molar-refractivity contribution in [3.05, 3.63) is 35.9 Å². The molecule has 0 aromatic heterocycles. The Morgan fingerprint density at radius 1 is 1.64 bits per heavy atom. The lowest BCUT2D eigenvalue weighted by Crippen LogP contribution is -2.14. The van der Waals surface area contributed by atoms with E-state index in [0.29, 0.717) is 0 Å². The Labute approximate surface area is 66.5 Å². The normalized spacial score (nSPS) is 22.3. The van der Waals surface area contributed by atoms with Crippen LogP contribution in [0.25, 0.3) is 0 Å². The summed E-state index contributed by atoms with van der Waals surface area (Å²) in [4.78, 5) is 2.12. The minimum absolute atomic E-state index is 0.795. The smallest absolute Gasteiger partial charge is 0.194 e. The Morgan fingerprint density at radius 2 is 2.45 bits per heavy atom. The highest BCUT2D eigenvalue weighted by molar-refractivity contribution is 5.40. The van der Waals surface area contributed by atoms with Crippen LogP contribution in [0.3, 0.4) is 0 Å². The van der Waals surface area contributed by atoms with Crippen molar-refractivity contribution in [3.8, 4) is 0 Å². The van der Waals surface area contributed by atoms with Crippen molar-refractivity contribution < 1.29 is 4.74 Å². The number of allylic oxidation sites excluding steroid dienone is 3. The Balaban J connectivity index is 2.33. The third-order valence-corrected chi connectivity index (χ3v) is 2.02. The Bertz CT molecular complexity index is 263. The minimum atomic E-state index is 0.795. The van der Waals surface area contributed by atoms with Crippen molar-refractivity contribution in [2.75, 3.05) is 13.2 Å². The number of hydrogen-bond acceptors (Lipinski definition) is 2. The molecule has 0 saturated carbocycles. The van der Waals surface area contributed by atoms with Gasteiger partial charge in [0.15, 0.2) is 5.88 Å². The van der Waals surface area contributed by atoms with Crippen molar-refractivity contribution in [2.45, 2.75) is 6.92 Å². The molecule has 0 radical (unpaired) electrons. The van der Waals surface area contributed by atoms with E-state index in [0.717, 1.165) is 24.6 Å². The summed E-state index contributed by atoms with van der Waals surface area (Å²) in [6, 6.07) is 0. The zero-order valence-corrected chi connectivity index (χ0v) is 6.63. The quantitative estimate of drug-likeness (QED) is 0.519. The summed E-state index contributed by atoms with van der Waals surface area (Å²) in [5, 5.41) is 0. The Hall–Kier alpha value is -1.18. The molecule has 2 aliphatic heterocycles. The van der Waals surface area contributed by atoms with Gasteiger partial charge in [-0.3, -0.25) is 0 Å². The molecule has 58 valence electrons. The highest BCUT2D eigenvalue weighted by atomic mass is 16.5. The summed E-state index contributed by atoms with van der Waals surface area (Å²) in [5.41, 5.74) is 2.28. The fourth-order valence-corrected chi connectivity index (χ4v) is 1.27. The first-order valence-electron chi connectivity index (χ1n) is 3.76. The number of hydrogen-bond donors (Lipinski definition) is 0. The predicted octanol–water partition coefficient (Wildman–Crippen LogP) is 1.63. The van der Waals surface area contributed by atoms with Gasteiger partial charge in [-0.05, 0) is 18.1 Å². The molecule has 2 rings (SSSR count). The van der Waals surface area contributed by atoms with Gasteiger partial charge in [0, 0.05) is 12.3 Å². The van der Waals surface area contributed by atoms with Gasteiger partial charge in [-0.15, -0.1) is 0 Å². The second-order valence-electron chi connectivity index (χ2n) is 2.86. The van der Waals surface area contributed by atoms with E-state index in [4.69, 9.17) is 4.74 Å². The third-order valence-electron chi connectivity index (χ3n) is 2.02. The van der Waals surface area contributed by atoms with E-state index in [1.807, 2.05) is 6.08 Å². The van der Waals surface area contributed by atoms with Crippen LogP contribution in [0.4, 0.5) is 0 Å². The first-order chi connectivity index (χ1) is 5.27. The molecule has 0 atom stereocenters. The number of fused-ring (bicyclic) bond motifs is 1. The fourth-order valence-electron chi connectivity index (χ4n) is 1.27. The van der Waals surface area contributed by atoms with Gasteiger partial charge in [-0.1, -0.05) is 6.58 Å². The fraction of sp³-hybridized carbons (Fsp3) is 0.333. The molecule has 1 fully saturated rings. The third kappa shape index (κ3) is 0.946. The van der Waals surface area contributed by atoms with E-state index in [1.54, 1.807) is 0 Å². The van der Waals surface area contributed by atoms with Crippen molar-refractivity contribution in [3.63, 3.8) is 0 Å². The van der Waals surface area contributed by atoms with Gasteiger partial charge in [-0.2, -0.15) is 0 Å². The monoisotopic (exact) mass is 149 g/mol. The molecule has 0 bridgehead atoms. The van der Waals surface area contributed by atoms with E-state index < -0.39 is 0 Å². The van der Waals surface area contributed by atoms with Crippen LogP contribution in [0.2, 0.25) is 0 Å². The second kappa shape index (κ2) is 2.16. The molecule has 2 nitrogen and oxygen atoms in total. The molecule has 0 aliphatic carbocycles. The molecule has 2 heterocycles. The van der Waals surface area contributed by atoms with Crippen LogP contribution >= 0.6 is 0 Å². The van der Waals surface area contributed by atoms with Crippen molar-refractivity contribution in [1.29, 1.82) is 0 Å². The molecular formula is C9H11NO. The van der Waals surface area contributed by atoms with Gasteiger partial charge in [0.1, 0.15) is 6.61 Å². The summed E-state index contributed by atoms with van der Waals surface area (Å²) in [5.74, 6) is 0.945. The SMILES string of the molecule is C=C1C=C2OCCN2C=C1C. The van der Waals surface area contributed by atoms with E-state index >= 15 is 0 Å². The van der Waals surface area contributed by atoms with Crippen LogP contribution in [0, 0.1) is 0 Å². The summed E-state index contributed by atoms with van der Waals surface area (Å²) in [7, 11) is 0. The lowest BCUT2D eigenvalue weighted by atomic mass is 10.1. The van der Waals surface area contributed by atoms with Gasteiger partial charge in [0.05, 0.1) is 6.54 Å². The second-order valence-corrected chi connectivity index (χ2v) is 2.86. The molecule has 11 heavy (non-hydrogen) atoms. The molecule has 1 saturated heterocycles. The van der Waals surface area contributed by atoms with Crippen LogP contribution in [0.1, 0.15) is 6.92 Å². The summed E-state index contributed by atoms with van der Waals surface area (Å²) in [6.45, 7) is 7.73. The van der Waals surface area contributed by atoms with E-state index in [1.165, 1.54) is 5.57 Å². The lowest BCUT2D eigenvalue weighted by molar-refractivity contribution is 0.248. The topological polar surface area (TPSA) is 12.5 Å². The van der Waals surface area contributed by atoms with Crippen LogP contribution in [0.15, 0.2) is 35.9 Å². The molecule has 0 N–H and O–H groups in total. The van der Waals surface area contributed by atoms with Crippen molar-refractivity contribution in [1.82, 2.24) is 4.90 Å². The lowest BCUT2D eigenvalue weighted by Gasteiger charge is -2.18. The Morgan fingerprint density at radius 3 is 3.27 bits per heavy atom. The molecule has 2 heteroatoms.